The second kappa shape index (κ2) is 6.29. The lowest BCUT2D eigenvalue weighted by atomic mass is 10.2. The number of hydrogen-bond acceptors (Lipinski definition) is 4. The number of nitrogens with one attached hydrogen (secondary N) is 1. The van der Waals surface area contributed by atoms with Gasteiger partial charge in [-0.2, -0.15) is 0 Å². The summed E-state index contributed by atoms with van der Waals surface area (Å²) in [6, 6.07) is 4.62. The molecule has 118 valence electrons. The van der Waals surface area contributed by atoms with Crippen molar-refractivity contribution in [3.05, 3.63) is 53.2 Å². The molecular weight excluding hydrogens is 315 g/mol. The highest BCUT2D eigenvalue weighted by Crippen LogP contribution is 2.21. The van der Waals surface area contributed by atoms with Crippen LogP contribution in [0.15, 0.2) is 36.1 Å². The molecule has 3 aromatic rings. The van der Waals surface area contributed by atoms with Crippen molar-refractivity contribution in [1.29, 1.82) is 0 Å². The van der Waals surface area contributed by atoms with E-state index >= 15 is 0 Å². The molecule has 0 bridgehead atoms. The number of hydrogen-bond donors (Lipinski definition) is 1. The minimum absolute atomic E-state index is 0.104. The predicted molar refractivity (Wildman–Crippen MR) is 87.8 cm³/mol. The molecule has 0 aliphatic carbocycles. The zero-order valence-electron chi connectivity index (χ0n) is 12.7. The second-order valence-electron chi connectivity index (χ2n) is 5.24. The molecule has 0 saturated heterocycles. The number of carbonyl (C=O) groups excluding carboxylic acids is 1. The van der Waals surface area contributed by atoms with Crippen LogP contribution in [-0.4, -0.2) is 20.4 Å². The summed E-state index contributed by atoms with van der Waals surface area (Å²) in [6.45, 7) is 3.70. The number of anilines is 1. The van der Waals surface area contributed by atoms with Gasteiger partial charge in [-0.1, -0.05) is 6.07 Å². The Morgan fingerprint density at radius 3 is 2.91 bits per heavy atom. The van der Waals surface area contributed by atoms with E-state index in [4.69, 9.17) is 0 Å². The third kappa shape index (κ3) is 3.62. The Labute approximate surface area is 136 Å². The highest BCUT2D eigenvalue weighted by molar-refractivity contribution is 7.13. The van der Waals surface area contributed by atoms with Crippen molar-refractivity contribution in [2.45, 2.75) is 20.4 Å². The molecule has 0 fully saturated rings. The number of imidazole rings is 1. The normalized spacial score (nSPS) is 10.7. The Morgan fingerprint density at radius 2 is 2.22 bits per heavy atom. The fraction of sp³-hybridized carbons (Fsp3) is 0.188. The number of amides is 1. The summed E-state index contributed by atoms with van der Waals surface area (Å²) >= 11 is 1.51. The Bertz CT molecular complexity index is 855. The Hall–Kier alpha value is -2.54. The van der Waals surface area contributed by atoms with Gasteiger partial charge in [0.05, 0.1) is 6.33 Å². The van der Waals surface area contributed by atoms with Crippen LogP contribution in [0.2, 0.25) is 0 Å². The summed E-state index contributed by atoms with van der Waals surface area (Å²) < 4.78 is 15.1. The van der Waals surface area contributed by atoms with Crippen molar-refractivity contribution < 1.29 is 9.18 Å². The van der Waals surface area contributed by atoms with E-state index in [9.17, 15) is 9.18 Å². The highest BCUT2D eigenvalue weighted by atomic mass is 32.1. The molecular formula is C16H15FN4OS. The zero-order valence-corrected chi connectivity index (χ0v) is 13.5. The minimum Gasteiger partial charge on any atom is -0.327 e. The van der Waals surface area contributed by atoms with Crippen LogP contribution >= 0.6 is 11.3 Å². The SMILES string of the molecule is Cc1csc(-c2cn(CC(=O)Nc3ccc(C)c(F)c3)cn2)n1. The fourth-order valence-electron chi connectivity index (χ4n) is 2.07. The van der Waals surface area contributed by atoms with Gasteiger partial charge >= 0.3 is 0 Å². The number of rotatable bonds is 4. The molecule has 0 radical (unpaired) electrons. The molecule has 0 aliphatic rings. The van der Waals surface area contributed by atoms with Crippen molar-refractivity contribution in [2.24, 2.45) is 0 Å². The summed E-state index contributed by atoms with van der Waals surface area (Å²) in [6.07, 6.45) is 3.36. The molecule has 2 aromatic heterocycles. The average molecular weight is 330 g/mol. The molecule has 1 aromatic carbocycles. The van der Waals surface area contributed by atoms with Crippen LogP contribution in [0, 0.1) is 19.7 Å². The van der Waals surface area contributed by atoms with Gasteiger partial charge in [-0.05, 0) is 31.5 Å². The topological polar surface area (TPSA) is 59.8 Å². The average Bonchev–Trinajstić information content (AvgIpc) is 3.12. The van der Waals surface area contributed by atoms with Gasteiger partial charge in [0.15, 0.2) is 0 Å². The van der Waals surface area contributed by atoms with E-state index in [0.29, 0.717) is 11.3 Å². The van der Waals surface area contributed by atoms with Gasteiger partial charge in [-0.25, -0.2) is 14.4 Å². The molecule has 7 heteroatoms. The van der Waals surface area contributed by atoms with Crippen LogP contribution in [0.25, 0.3) is 10.7 Å². The van der Waals surface area contributed by atoms with Gasteiger partial charge in [-0.3, -0.25) is 4.79 Å². The van der Waals surface area contributed by atoms with E-state index in [1.807, 2.05) is 12.3 Å². The summed E-state index contributed by atoms with van der Waals surface area (Å²) in [4.78, 5) is 20.6. The molecule has 0 aliphatic heterocycles. The number of aryl methyl sites for hydroxylation is 2. The van der Waals surface area contributed by atoms with E-state index in [-0.39, 0.29) is 18.3 Å². The van der Waals surface area contributed by atoms with E-state index in [1.54, 1.807) is 36.1 Å². The summed E-state index contributed by atoms with van der Waals surface area (Å²) in [7, 11) is 0. The molecule has 0 atom stereocenters. The van der Waals surface area contributed by atoms with Crippen molar-refractivity contribution in [3.8, 4) is 10.7 Å². The lowest BCUT2D eigenvalue weighted by Gasteiger charge is -2.06. The molecule has 0 saturated carbocycles. The van der Waals surface area contributed by atoms with Crippen molar-refractivity contribution in [1.82, 2.24) is 14.5 Å². The van der Waals surface area contributed by atoms with Gasteiger partial charge in [0.25, 0.3) is 0 Å². The maximum absolute atomic E-state index is 13.5. The molecule has 3 rings (SSSR count). The molecule has 23 heavy (non-hydrogen) atoms. The third-order valence-corrected chi connectivity index (χ3v) is 4.24. The first-order chi connectivity index (χ1) is 11.0. The number of carbonyl (C=O) groups is 1. The van der Waals surface area contributed by atoms with Gasteiger partial charge < -0.3 is 9.88 Å². The van der Waals surface area contributed by atoms with Gasteiger partial charge in [0, 0.05) is 23.0 Å². The Morgan fingerprint density at radius 1 is 1.39 bits per heavy atom. The zero-order chi connectivity index (χ0) is 16.4. The molecule has 1 N–H and O–H groups in total. The predicted octanol–water partition coefficient (Wildman–Crippen LogP) is 3.40. The van der Waals surface area contributed by atoms with E-state index in [1.165, 1.54) is 17.4 Å². The van der Waals surface area contributed by atoms with Crippen LogP contribution in [0.3, 0.4) is 0 Å². The van der Waals surface area contributed by atoms with Crippen LogP contribution in [0.5, 0.6) is 0 Å². The number of aromatic nitrogens is 3. The second-order valence-corrected chi connectivity index (χ2v) is 6.10. The van der Waals surface area contributed by atoms with Gasteiger partial charge in [-0.15, -0.1) is 11.3 Å². The van der Waals surface area contributed by atoms with E-state index < -0.39 is 0 Å². The molecule has 0 unspecified atom stereocenters. The first-order valence-electron chi connectivity index (χ1n) is 7.01. The summed E-state index contributed by atoms with van der Waals surface area (Å²) in [5.74, 6) is -0.584. The minimum atomic E-state index is -0.341. The number of benzene rings is 1. The first kappa shape index (κ1) is 15.4. The molecule has 1 amide bonds. The van der Waals surface area contributed by atoms with Crippen LogP contribution < -0.4 is 5.32 Å². The van der Waals surface area contributed by atoms with Crippen LogP contribution in [0.1, 0.15) is 11.3 Å². The number of thiazole rings is 1. The quantitative estimate of drug-likeness (QED) is 0.797. The van der Waals surface area contributed by atoms with E-state index in [0.717, 1.165) is 16.4 Å². The Kier molecular flexibility index (Phi) is 4.20. The van der Waals surface area contributed by atoms with E-state index in [2.05, 4.69) is 15.3 Å². The highest BCUT2D eigenvalue weighted by Gasteiger charge is 2.09. The van der Waals surface area contributed by atoms with Crippen molar-refractivity contribution >= 4 is 22.9 Å². The largest absolute Gasteiger partial charge is 0.327 e. The number of nitrogens with zero attached hydrogens (tertiary/aromatic N) is 3. The fourth-order valence-corrected chi connectivity index (χ4v) is 2.82. The van der Waals surface area contributed by atoms with Crippen molar-refractivity contribution in [2.75, 3.05) is 5.32 Å². The van der Waals surface area contributed by atoms with Gasteiger partial charge in [0.2, 0.25) is 5.91 Å². The van der Waals surface area contributed by atoms with Crippen LogP contribution in [0.4, 0.5) is 10.1 Å². The van der Waals surface area contributed by atoms with Gasteiger partial charge in [0.1, 0.15) is 23.1 Å². The lowest BCUT2D eigenvalue weighted by molar-refractivity contribution is -0.116. The van der Waals surface area contributed by atoms with Crippen molar-refractivity contribution in [3.63, 3.8) is 0 Å². The Balaban J connectivity index is 1.66. The summed E-state index contributed by atoms with van der Waals surface area (Å²) in [5.41, 5.74) is 2.66. The smallest absolute Gasteiger partial charge is 0.244 e. The lowest BCUT2D eigenvalue weighted by Crippen LogP contribution is -2.18. The number of halogens is 1. The maximum atomic E-state index is 13.5. The third-order valence-electron chi connectivity index (χ3n) is 3.25. The summed E-state index contributed by atoms with van der Waals surface area (Å²) in [5, 5.41) is 5.44. The standard InChI is InChI=1S/C16H15FN4OS/c1-10-3-4-12(5-13(10)17)20-15(22)7-21-6-14(18-9-21)16-19-11(2)8-23-16/h3-6,8-9H,7H2,1-2H3,(H,20,22). The van der Waals surface area contributed by atoms with Crippen LogP contribution in [-0.2, 0) is 11.3 Å². The molecule has 0 spiro atoms. The monoisotopic (exact) mass is 330 g/mol. The molecule has 5 nitrogen and oxygen atoms in total. The maximum Gasteiger partial charge on any atom is 0.244 e. The first-order valence-corrected chi connectivity index (χ1v) is 7.89. The molecule has 2 heterocycles.